The van der Waals surface area contributed by atoms with Gasteiger partial charge in [0.25, 0.3) is 0 Å². The number of nitrogens with one attached hydrogen (secondary N) is 1. The Hall–Kier alpha value is -2.35. The lowest BCUT2D eigenvalue weighted by molar-refractivity contribution is 0.0562. The molecule has 1 amide bonds. The predicted molar refractivity (Wildman–Crippen MR) is 101 cm³/mol. The molecule has 1 N–H and O–H groups in total. The molecule has 1 heterocycles. The van der Waals surface area contributed by atoms with Gasteiger partial charge in [0.15, 0.2) is 0 Å². The number of carbonyl (C=O) groups is 2. The molecule has 140 valence electrons. The number of hydrogen-bond acceptors (Lipinski definition) is 6. The highest BCUT2D eigenvalue weighted by molar-refractivity contribution is 9.10. The molecule has 0 saturated carbocycles. The van der Waals surface area contributed by atoms with E-state index in [0.29, 0.717) is 17.3 Å². The topological polar surface area (TPSA) is 86.2 Å². The number of hydrogen-bond donors (Lipinski definition) is 1. The first-order valence-electron chi connectivity index (χ1n) is 8.08. The molecule has 0 aromatic heterocycles. The molecule has 26 heavy (non-hydrogen) atoms. The van der Waals surface area contributed by atoms with Crippen LogP contribution in [0.25, 0.3) is 6.08 Å². The Morgan fingerprint density at radius 1 is 1.31 bits per heavy atom. The van der Waals surface area contributed by atoms with E-state index in [1.165, 1.54) is 0 Å². The number of rotatable bonds is 2. The van der Waals surface area contributed by atoms with E-state index < -0.39 is 17.8 Å². The minimum absolute atomic E-state index is 0.102. The molecule has 1 aromatic carbocycles. The molecule has 0 radical (unpaired) electrons. The van der Waals surface area contributed by atoms with Crippen LogP contribution in [0, 0.1) is 0 Å². The van der Waals surface area contributed by atoms with Gasteiger partial charge in [-0.3, -0.25) is 5.32 Å². The van der Waals surface area contributed by atoms with Gasteiger partial charge >= 0.3 is 12.2 Å². The second kappa shape index (κ2) is 8.35. The average molecular weight is 425 g/mol. The number of benzene rings is 1. The molecule has 8 heteroatoms. The van der Waals surface area contributed by atoms with Crippen molar-refractivity contribution >= 4 is 45.8 Å². The Balaban J connectivity index is 2.29. The third-order valence-electron chi connectivity index (χ3n) is 3.03. The summed E-state index contributed by atoms with van der Waals surface area (Å²) in [5.41, 5.74) is 0.720. The monoisotopic (exact) mass is 424 g/mol. The van der Waals surface area contributed by atoms with Crippen molar-refractivity contribution in [3.8, 4) is 0 Å². The number of amides is 1. The maximum absolute atomic E-state index is 12.1. The first kappa shape index (κ1) is 20.0. The zero-order chi connectivity index (χ0) is 19.3. The standard InChI is InChI=1S/C18H21BrN2O5/c1-5-24-17(23)25-13-8-11-6-7-12(19)9-14(11)20-15(10-13)21-16(22)26-18(2,3)4/h6-9H,5,10H2,1-4H3,(H,20,21,22). The molecular weight excluding hydrogens is 404 g/mol. The van der Waals surface area contributed by atoms with E-state index in [4.69, 9.17) is 14.2 Å². The molecule has 0 saturated heterocycles. The molecule has 1 aromatic rings. The molecule has 0 fully saturated rings. The molecule has 7 nitrogen and oxygen atoms in total. The van der Waals surface area contributed by atoms with Crippen LogP contribution in [0.4, 0.5) is 15.3 Å². The summed E-state index contributed by atoms with van der Waals surface area (Å²) in [5, 5.41) is 2.61. The van der Waals surface area contributed by atoms with Gasteiger partial charge in [-0.2, -0.15) is 0 Å². The van der Waals surface area contributed by atoms with Crippen molar-refractivity contribution in [2.45, 2.75) is 39.7 Å². The van der Waals surface area contributed by atoms with E-state index >= 15 is 0 Å². The molecular formula is C18H21BrN2O5. The number of fused-ring (bicyclic) bond motifs is 1. The summed E-state index contributed by atoms with van der Waals surface area (Å²) >= 11 is 3.40. The van der Waals surface area contributed by atoms with Gasteiger partial charge in [-0.25, -0.2) is 14.6 Å². The lowest BCUT2D eigenvalue weighted by Crippen LogP contribution is -2.36. The van der Waals surface area contributed by atoms with Gasteiger partial charge in [0.1, 0.15) is 17.2 Å². The van der Waals surface area contributed by atoms with Crippen molar-refractivity contribution in [2.75, 3.05) is 6.61 Å². The third-order valence-corrected chi connectivity index (χ3v) is 3.52. The summed E-state index contributed by atoms with van der Waals surface area (Å²) in [5.74, 6) is 0.603. The zero-order valence-electron chi connectivity index (χ0n) is 15.1. The van der Waals surface area contributed by atoms with Gasteiger partial charge in [0, 0.05) is 10.0 Å². The Bertz CT molecular complexity index is 765. The smallest absolute Gasteiger partial charge is 0.444 e. The third kappa shape index (κ3) is 6.18. The highest BCUT2D eigenvalue weighted by atomic mass is 79.9. The summed E-state index contributed by atoms with van der Waals surface area (Å²) in [6, 6.07) is 5.48. The summed E-state index contributed by atoms with van der Waals surface area (Å²) in [7, 11) is 0. The normalized spacial score (nSPS) is 13.6. The molecule has 0 atom stereocenters. The maximum atomic E-state index is 12.1. The van der Waals surface area contributed by atoms with E-state index in [9.17, 15) is 9.59 Å². The number of amidine groups is 1. The van der Waals surface area contributed by atoms with Crippen molar-refractivity contribution in [2.24, 2.45) is 4.99 Å². The fourth-order valence-corrected chi connectivity index (χ4v) is 2.47. The van der Waals surface area contributed by atoms with Gasteiger partial charge in [0.2, 0.25) is 0 Å². The van der Waals surface area contributed by atoms with Gasteiger partial charge in [-0.1, -0.05) is 22.0 Å². The summed E-state index contributed by atoms with van der Waals surface area (Å²) in [6.07, 6.45) is 0.345. The molecule has 0 spiro atoms. The molecule has 0 unspecified atom stereocenters. The van der Waals surface area contributed by atoms with Crippen LogP contribution in [-0.2, 0) is 14.2 Å². The molecule has 1 aliphatic heterocycles. The number of aliphatic imine (C=N–C) groups is 1. The number of nitrogens with zero attached hydrogens (tertiary/aromatic N) is 1. The minimum atomic E-state index is -0.809. The second-order valence-corrected chi connectivity index (χ2v) is 7.38. The largest absolute Gasteiger partial charge is 0.513 e. The number of carbonyl (C=O) groups excluding carboxylic acids is 2. The van der Waals surface area contributed by atoms with Gasteiger partial charge in [-0.15, -0.1) is 0 Å². The highest BCUT2D eigenvalue weighted by Crippen LogP contribution is 2.30. The van der Waals surface area contributed by atoms with Crippen LogP contribution in [-0.4, -0.2) is 30.3 Å². The van der Waals surface area contributed by atoms with E-state index in [2.05, 4.69) is 26.2 Å². The minimum Gasteiger partial charge on any atom is -0.444 e. The Kier molecular flexibility index (Phi) is 6.42. The average Bonchev–Trinajstić information content (AvgIpc) is 2.63. The van der Waals surface area contributed by atoms with E-state index in [1.54, 1.807) is 39.8 Å². The Labute approximate surface area is 160 Å². The number of ether oxygens (including phenoxy) is 3. The number of alkyl carbamates (subject to hydrolysis) is 1. The van der Waals surface area contributed by atoms with Gasteiger partial charge in [0.05, 0.1) is 18.7 Å². The second-order valence-electron chi connectivity index (χ2n) is 6.46. The number of halogens is 1. The van der Waals surface area contributed by atoms with Crippen LogP contribution in [0.15, 0.2) is 33.4 Å². The molecule has 2 rings (SSSR count). The maximum Gasteiger partial charge on any atom is 0.513 e. The van der Waals surface area contributed by atoms with Crippen molar-refractivity contribution in [1.82, 2.24) is 5.32 Å². The SMILES string of the molecule is CCOC(=O)OC1=Cc2ccc(Br)cc2N=C(NC(=O)OC(C)(C)C)C1. The van der Waals surface area contributed by atoms with Crippen LogP contribution in [0.5, 0.6) is 0 Å². The first-order valence-corrected chi connectivity index (χ1v) is 8.88. The van der Waals surface area contributed by atoms with Crippen LogP contribution < -0.4 is 5.32 Å². The van der Waals surface area contributed by atoms with E-state index in [-0.39, 0.29) is 13.0 Å². The van der Waals surface area contributed by atoms with Gasteiger partial charge < -0.3 is 14.2 Å². The molecule has 0 bridgehead atoms. The first-order chi connectivity index (χ1) is 12.2. The van der Waals surface area contributed by atoms with Crippen LogP contribution in [0.3, 0.4) is 0 Å². The van der Waals surface area contributed by atoms with Gasteiger partial charge in [-0.05, 0) is 45.9 Å². The lowest BCUT2D eigenvalue weighted by Gasteiger charge is -2.20. The Morgan fingerprint density at radius 2 is 2.04 bits per heavy atom. The quantitative estimate of drug-likeness (QED) is 0.680. The summed E-state index contributed by atoms with van der Waals surface area (Å²) in [4.78, 5) is 28.2. The molecule has 0 aliphatic carbocycles. The molecule has 1 aliphatic rings. The van der Waals surface area contributed by atoms with Crippen molar-refractivity contribution in [1.29, 1.82) is 0 Å². The predicted octanol–water partition coefficient (Wildman–Crippen LogP) is 4.92. The van der Waals surface area contributed by atoms with E-state index in [0.717, 1.165) is 10.0 Å². The fraction of sp³-hybridized carbons (Fsp3) is 0.389. The van der Waals surface area contributed by atoms with Crippen LogP contribution >= 0.6 is 15.9 Å². The van der Waals surface area contributed by atoms with Crippen molar-refractivity contribution in [3.05, 3.63) is 34.0 Å². The summed E-state index contributed by atoms with van der Waals surface area (Å²) in [6.45, 7) is 7.19. The highest BCUT2D eigenvalue weighted by Gasteiger charge is 2.21. The van der Waals surface area contributed by atoms with Crippen LogP contribution in [0.1, 0.15) is 39.7 Å². The summed E-state index contributed by atoms with van der Waals surface area (Å²) < 4.78 is 16.1. The van der Waals surface area contributed by atoms with Crippen molar-refractivity contribution < 1.29 is 23.8 Å². The lowest BCUT2D eigenvalue weighted by atomic mass is 10.1. The van der Waals surface area contributed by atoms with Crippen LogP contribution in [0.2, 0.25) is 0 Å². The zero-order valence-corrected chi connectivity index (χ0v) is 16.7. The van der Waals surface area contributed by atoms with Crippen molar-refractivity contribution in [3.63, 3.8) is 0 Å². The Morgan fingerprint density at radius 3 is 2.69 bits per heavy atom. The van der Waals surface area contributed by atoms with E-state index in [1.807, 2.05) is 12.1 Å². The fourth-order valence-electron chi connectivity index (χ4n) is 2.12.